The molecule has 0 bridgehead atoms. The Morgan fingerprint density at radius 2 is 1.81 bits per heavy atom. The fraction of sp³-hybridized carbons (Fsp3) is 0.0500. The van der Waals surface area contributed by atoms with Gasteiger partial charge in [0.05, 0.1) is 22.8 Å². The number of hydrazone groups is 1. The lowest BCUT2D eigenvalue weighted by atomic mass is 10.2. The van der Waals surface area contributed by atoms with Crippen molar-refractivity contribution in [2.75, 3.05) is 0 Å². The van der Waals surface area contributed by atoms with Crippen molar-refractivity contribution in [2.24, 2.45) is 5.10 Å². The third kappa shape index (κ3) is 4.64. The van der Waals surface area contributed by atoms with Crippen molar-refractivity contribution in [2.45, 2.75) is 6.54 Å². The number of nitrogens with one attached hydrogen (secondary N) is 1. The number of pyridine rings is 1. The number of carbonyl (C=O) groups is 1. The Hall–Kier alpha value is -2.89. The van der Waals surface area contributed by atoms with E-state index in [-0.39, 0.29) is 5.56 Å². The lowest BCUT2D eigenvalue weighted by Gasteiger charge is -2.07. The first kappa shape index (κ1) is 18.9. The Morgan fingerprint density at radius 1 is 1.04 bits per heavy atom. The third-order valence-electron chi connectivity index (χ3n) is 3.81. The van der Waals surface area contributed by atoms with Gasteiger partial charge in [-0.2, -0.15) is 5.10 Å². The molecule has 2 aromatic carbocycles. The highest BCUT2D eigenvalue weighted by Crippen LogP contribution is 2.24. The van der Waals surface area contributed by atoms with E-state index < -0.39 is 11.5 Å². The van der Waals surface area contributed by atoms with Crippen LogP contribution in [0.1, 0.15) is 21.5 Å². The lowest BCUT2D eigenvalue weighted by Crippen LogP contribution is -2.30. The molecule has 1 amide bonds. The van der Waals surface area contributed by atoms with Gasteiger partial charge in [0.2, 0.25) is 0 Å². The molecule has 3 aromatic rings. The molecular formula is C20H15Cl2N3O2. The van der Waals surface area contributed by atoms with Crippen molar-refractivity contribution in [3.8, 4) is 0 Å². The van der Waals surface area contributed by atoms with E-state index in [4.69, 9.17) is 23.2 Å². The summed E-state index contributed by atoms with van der Waals surface area (Å²) < 4.78 is 1.47. The van der Waals surface area contributed by atoms with Crippen LogP contribution in [0.3, 0.4) is 0 Å². The number of rotatable bonds is 5. The summed E-state index contributed by atoms with van der Waals surface area (Å²) >= 11 is 12.0. The largest absolute Gasteiger partial charge is 0.310 e. The fourth-order valence-electron chi connectivity index (χ4n) is 2.46. The molecule has 136 valence electrons. The minimum atomic E-state index is -0.600. The van der Waals surface area contributed by atoms with Gasteiger partial charge < -0.3 is 4.57 Å². The summed E-state index contributed by atoms with van der Waals surface area (Å²) in [7, 11) is 0. The Kier molecular flexibility index (Phi) is 6.06. The molecule has 5 nitrogen and oxygen atoms in total. The van der Waals surface area contributed by atoms with E-state index >= 15 is 0 Å². The number of benzene rings is 2. The molecule has 7 heteroatoms. The monoisotopic (exact) mass is 399 g/mol. The average Bonchev–Trinajstić information content (AvgIpc) is 2.67. The maximum Gasteiger partial charge on any atom is 0.276 e. The van der Waals surface area contributed by atoms with Crippen molar-refractivity contribution in [1.29, 1.82) is 0 Å². The molecule has 0 saturated carbocycles. The molecule has 27 heavy (non-hydrogen) atoms. The van der Waals surface area contributed by atoms with Gasteiger partial charge in [-0.3, -0.25) is 9.59 Å². The van der Waals surface area contributed by atoms with E-state index in [1.807, 2.05) is 30.3 Å². The second-order valence-corrected chi connectivity index (χ2v) is 6.47. The molecule has 0 aliphatic rings. The van der Waals surface area contributed by atoms with Crippen LogP contribution in [0.2, 0.25) is 10.0 Å². The summed E-state index contributed by atoms with van der Waals surface area (Å²) in [6.07, 6.45) is 3.01. The van der Waals surface area contributed by atoms with Gasteiger partial charge in [-0.15, -0.1) is 0 Å². The molecule has 0 aliphatic heterocycles. The van der Waals surface area contributed by atoms with E-state index in [1.54, 1.807) is 30.5 Å². The maximum absolute atomic E-state index is 12.6. The van der Waals surface area contributed by atoms with Crippen LogP contribution < -0.4 is 11.0 Å². The summed E-state index contributed by atoms with van der Waals surface area (Å²) in [4.78, 5) is 24.9. The first-order valence-corrected chi connectivity index (χ1v) is 8.82. The zero-order valence-corrected chi connectivity index (χ0v) is 15.6. The van der Waals surface area contributed by atoms with Gasteiger partial charge >= 0.3 is 0 Å². The molecule has 0 radical (unpaired) electrons. The van der Waals surface area contributed by atoms with Crippen LogP contribution in [0.5, 0.6) is 0 Å². The van der Waals surface area contributed by atoms with Crippen molar-refractivity contribution in [3.05, 3.63) is 104 Å². The van der Waals surface area contributed by atoms with E-state index in [1.165, 1.54) is 16.8 Å². The minimum Gasteiger partial charge on any atom is -0.310 e. The zero-order chi connectivity index (χ0) is 19.2. The highest BCUT2D eigenvalue weighted by Gasteiger charge is 2.11. The summed E-state index contributed by atoms with van der Waals surface area (Å²) in [6, 6.07) is 17.7. The SMILES string of the molecule is O=C(N/N=C\c1cccc(Cl)c1Cl)c1cccn(Cc2ccccc2)c1=O. The topological polar surface area (TPSA) is 63.5 Å². The lowest BCUT2D eigenvalue weighted by molar-refractivity contribution is 0.0953. The number of carbonyl (C=O) groups excluding carboxylic acids is 1. The van der Waals surface area contributed by atoms with Gasteiger partial charge in [0.25, 0.3) is 11.5 Å². The van der Waals surface area contributed by atoms with E-state index in [0.717, 1.165) is 5.56 Å². The highest BCUT2D eigenvalue weighted by atomic mass is 35.5. The number of aromatic nitrogens is 1. The number of hydrogen-bond acceptors (Lipinski definition) is 3. The summed E-state index contributed by atoms with van der Waals surface area (Å²) in [5.74, 6) is -0.600. The molecule has 1 heterocycles. The Bertz CT molecular complexity index is 1050. The second kappa shape index (κ2) is 8.66. The summed E-state index contributed by atoms with van der Waals surface area (Å²) in [5.41, 5.74) is 3.47. The predicted molar refractivity (Wildman–Crippen MR) is 108 cm³/mol. The minimum absolute atomic E-state index is 0.00257. The van der Waals surface area contributed by atoms with Crippen LogP contribution in [0.15, 0.2) is 76.8 Å². The first-order chi connectivity index (χ1) is 13.1. The number of hydrogen-bond donors (Lipinski definition) is 1. The normalized spacial score (nSPS) is 10.9. The van der Waals surface area contributed by atoms with E-state index in [0.29, 0.717) is 22.2 Å². The molecule has 0 fully saturated rings. The molecule has 0 spiro atoms. The van der Waals surface area contributed by atoms with Crippen molar-refractivity contribution >= 4 is 35.3 Å². The Balaban J connectivity index is 1.75. The molecule has 1 aromatic heterocycles. The van der Waals surface area contributed by atoms with Crippen LogP contribution in [0.25, 0.3) is 0 Å². The van der Waals surface area contributed by atoms with Crippen LogP contribution >= 0.6 is 23.2 Å². The fourth-order valence-corrected chi connectivity index (χ4v) is 2.81. The van der Waals surface area contributed by atoms with Gasteiger partial charge in [0.1, 0.15) is 5.56 Å². The Morgan fingerprint density at radius 3 is 2.59 bits per heavy atom. The summed E-state index contributed by atoms with van der Waals surface area (Å²) in [5, 5.41) is 4.58. The molecular weight excluding hydrogens is 385 g/mol. The van der Waals surface area contributed by atoms with Gasteiger partial charge in [0.15, 0.2) is 0 Å². The van der Waals surface area contributed by atoms with Crippen molar-refractivity contribution in [3.63, 3.8) is 0 Å². The predicted octanol–water partition coefficient (Wildman–Crippen LogP) is 3.97. The number of nitrogens with zero attached hydrogens (tertiary/aromatic N) is 2. The van der Waals surface area contributed by atoms with Crippen molar-refractivity contribution < 1.29 is 4.79 Å². The van der Waals surface area contributed by atoms with Crippen LogP contribution in [0.4, 0.5) is 0 Å². The van der Waals surface area contributed by atoms with E-state index in [9.17, 15) is 9.59 Å². The van der Waals surface area contributed by atoms with E-state index in [2.05, 4.69) is 10.5 Å². The first-order valence-electron chi connectivity index (χ1n) is 8.07. The van der Waals surface area contributed by atoms with Gasteiger partial charge in [-0.05, 0) is 23.8 Å². The van der Waals surface area contributed by atoms with Crippen LogP contribution in [-0.4, -0.2) is 16.7 Å². The molecule has 1 N–H and O–H groups in total. The molecule has 0 saturated heterocycles. The molecule has 0 unspecified atom stereocenters. The third-order valence-corrected chi connectivity index (χ3v) is 4.65. The van der Waals surface area contributed by atoms with Gasteiger partial charge in [0, 0.05) is 11.8 Å². The quantitative estimate of drug-likeness (QED) is 0.521. The second-order valence-electron chi connectivity index (χ2n) is 5.68. The highest BCUT2D eigenvalue weighted by molar-refractivity contribution is 6.43. The number of amides is 1. The zero-order valence-electron chi connectivity index (χ0n) is 14.1. The van der Waals surface area contributed by atoms with Crippen LogP contribution in [-0.2, 0) is 6.54 Å². The molecule has 3 rings (SSSR count). The standard InChI is InChI=1S/C20H15Cl2N3O2/c21-17-10-4-8-15(18(17)22)12-23-24-19(26)16-9-5-11-25(20(16)27)13-14-6-2-1-3-7-14/h1-12H,13H2,(H,24,26)/b23-12-. The molecule has 0 aliphatic carbocycles. The van der Waals surface area contributed by atoms with Crippen molar-refractivity contribution in [1.82, 2.24) is 9.99 Å². The summed E-state index contributed by atoms with van der Waals surface area (Å²) in [6.45, 7) is 0.377. The maximum atomic E-state index is 12.6. The van der Waals surface area contributed by atoms with Crippen LogP contribution in [0, 0.1) is 0 Å². The average molecular weight is 400 g/mol. The van der Waals surface area contributed by atoms with Gasteiger partial charge in [-0.1, -0.05) is 65.7 Å². The Labute approximate surface area is 165 Å². The van der Waals surface area contributed by atoms with Gasteiger partial charge in [-0.25, -0.2) is 5.43 Å². The smallest absolute Gasteiger partial charge is 0.276 e. The molecule has 0 atom stereocenters. The number of halogens is 2.